The number of thiophene rings is 1. The first-order valence-corrected chi connectivity index (χ1v) is 9.18. The van der Waals surface area contributed by atoms with Gasteiger partial charge in [-0.2, -0.15) is 0 Å². The molecule has 0 saturated carbocycles. The van der Waals surface area contributed by atoms with Crippen molar-refractivity contribution in [2.75, 3.05) is 12.8 Å². The lowest BCUT2D eigenvalue weighted by Gasteiger charge is -2.00. The molecule has 0 spiro atoms. The fraction of sp³-hybridized carbons (Fsp3) is 0.167. The summed E-state index contributed by atoms with van der Waals surface area (Å²) in [6, 6.07) is 3.40. The average Bonchev–Trinajstić information content (AvgIpc) is 2.84. The molecule has 0 atom stereocenters. The SMILES string of the molecule is C=C/C=C(Cl)\C=C/CNS(=O)(=O)c1ccc(SC)s1. The molecule has 0 bridgehead atoms. The fourth-order valence-electron chi connectivity index (χ4n) is 1.13. The van der Waals surface area contributed by atoms with Crippen LogP contribution >= 0.6 is 34.7 Å². The van der Waals surface area contributed by atoms with E-state index in [0.717, 1.165) is 4.21 Å². The van der Waals surface area contributed by atoms with Crippen molar-refractivity contribution in [1.29, 1.82) is 0 Å². The summed E-state index contributed by atoms with van der Waals surface area (Å²) < 4.78 is 27.6. The van der Waals surface area contributed by atoms with Crippen molar-refractivity contribution in [1.82, 2.24) is 4.72 Å². The lowest BCUT2D eigenvalue weighted by atomic mass is 10.4. The van der Waals surface area contributed by atoms with Crippen LogP contribution in [-0.2, 0) is 10.0 Å². The molecular formula is C12H14ClNO2S3. The molecule has 7 heteroatoms. The highest BCUT2D eigenvalue weighted by Crippen LogP contribution is 2.28. The zero-order valence-corrected chi connectivity index (χ0v) is 13.5. The van der Waals surface area contributed by atoms with Gasteiger partial charge in [0.25, 0.3) is 0 Å². The third-order valence-electron chi connectivity index (χ3n) is 1.97. The van der Waals surface area contributed by atoms with Gasteiger partial charge >= 0.3 is 0 Å². The number of hydrogen-bond donors (Lipinski definition) is 1. The lowest BCUT2D eigenvalue weighted by molar-refractivity contribution is 0.587. The number of hydrogen-bond acceptors (Lipinski definition) is 4. The maximum Gasteiger partial charge on any atom is 0.250 e. The Morgan fingerprint density at radius 1 is 1.58 bits per heavy atom. The van der Waals surface area contributed by atoms with Crippen LogP contribution in [0.3, 0.4) is 0 Å². The standard InChI is InChI=1S/C12H14ClNO2S3/c1-3-5-10(13)6-4-9-14-19(15,16)12-8-7-11(17-2)18-12/h3-8,14H,1,9H2,2H3/b6-4-,10-5+. The van der Waals surface area contributed by atoms with Crippen LogP contribution in [-0.4, -0.2) is 21.2 Å². The van der Waals surface area contributed by atoms with Gasteiger partial charge in [0.1, 0.15) is 4.21 Å². The highest BCUT2D eigenvalue weighted by Gasteiger charge is 2.15. The summed E-state index contributed by atoms with van der Waals surface area (Å²) >= 11 is 8.57. The van der Waals surface area contributed by atoms with Crippen molar-refractivity contribution < 1.29 is 8.42 Å². The van der Waals surface area contributed by atoms with Crippen LogP contribution in [0.15, 0.2) is 56.5 Å². The van der Waals surface area contributed by atoms with Gasteiger partial charge in [-0.25, -0.2) is 13.1 Å². The van der Waals surface area contributed by atoms with Crippen molar-refractivity contribution in [3.8, 4) is 0 Å². The first kappa shape index (κ1) is 16.5. The maximum atomic E-state index is 11.9. The molecule has 1 aromatic rings. The molecule has 1 rings (SSSR count). The molecule has 0 radical (unpaired) electrons. The molecule has 3 nitrogen and oxygen atoms in total. The van der Waals surface area contributed by atoms with Crippen LogP contribution < -0.4 is 4.72 Å². The Morgan fingerprint density at radius 3 is 2.89 bits per heavy atom. The summed E-state index contributed by atoms with van der Waals surface area (Å²) in [7, 11) is -3.44. The highest BCUT2D eigenvalue weighted by molar-refractivity contribution is 8.01. The van der Waals surface area contributed by atoms with Gasteiger partial charge in [0, 0.05) is 11.6 Å². The summed E-state index contributed by atoms with van der Waals surface area (Å²) in [4.78, 5) is 0. The summed E-state index contributed by atoms with van der Waals surface area (Å²) in [5, 5.41) is 0.495. The molecule has 0 aliphatic heterocycles. The Morgan fingerprint density at radius 2 is 2.32 bits per heavy atom. The van der Waals surface area contributed by atoms with Gasteiger partial charge in [-0.05, 0) is 30.5 Å². The summed E-state index contributed by atoms with van der Waals surface area (Å²) in [5.74, 6) is 0. The Balaban J connectivity index is 2.61. The number of allylic oxidation sites excluding steroid dienone is 4. The molecule has 1 N–H and O–H groups in total. The van der Waals surface area contributed by atoms with Gasteiger partial charge in [0.2, 0.25) is 10.0 Å². The van der Waals surface area contributed by atoms with E-state index in [9.17, 15) is 8.42 Å². The molecule has 0 aromatic carbocycles. The van der Waals surface area contributed by atoms with Gasteiger partial charge in [0.15, 0.2) is 0 Å². The second-order valence-electron chi connectivity index (χ2n) is 3.32. The fourth-order valence-corrected chi connectivity index (χ4v) is 4.33. The van der Waals surface area contributed by atoms with E-state index in [-0.39, 0.29) is 6.54 Å². The molecule has 0 aliphatic rings. The average molecular weight is 336 g/mol. The molecule has 0 amide bonds. The molecule has 0 unspecified atom stereocenters. The zero-order chi connectivity index (χ0) is 14.3. The van der Waals surface area contributed by atoms with E-state index in [1.807, 2.05) is 6.26 Å². The van der Waals surface area contributed by atoms with Crippen molar-refractivity contribution in [2.45, 2.75) is 8.42 Å². The first-order valence-electron chi connectivity index (χ1n) is 5.28. The highest BCUT2D eigenvalue weighted by atomic mass is 35.5. The van der Waals surface area contributed by atoms with E-state index in [1.54, 1.807) is 36.4 Å². The lowest BCUT2D eigenvalue weighted by Crippen LogP contribution is -2.22. The van der Waals surface area contributed by atoms with Crippen LogP contribution in [0.1, 0.15) is 0 Å². The topological polar surface area (TPSA) is 46.2 Å². The molecule has 0 fully saturated rings. The normalized spacial score (nSPS) is 13.1. The monoisotopic (exact) mass is 335 g/mol. The Bertz CT molecular complexity index is 588. The van der Waals surface area contributed by atoms with Crippen molar-refractivity contribution in [2.24, 2.45) is 0 Å². The van der Waals surface area contributed by atoms with Gasteiger partial charge in [-0.15, -0.1) is 23.1 Å². The summed E-state index contributed by atoms with van der Waals surface area (Å²) in [6.07, 6.45) is 8.35. The molecule has 0 saturated heterocycles. The number of rotatable bonds is 7. The quantitative estimate of drug-likeness (QED) is 0.611. The predicted molar refractivity (Wildman–Crippen MR) is 84.6 cm³/mol. The third-order valence-corrected chi connectivity index (χ3v) is 6.30. The number of thioether (sulfide) groups is 1. The van der Waals surface area contributed by atoms with E-state index in [4.69, 9.17) is 11.6 Å². The molecule has 1 heterocycles. The van der Waals surface area contributed by atoms with Crippen molar-refractivity contribution >= 4 is 44.7 Å². The predicted octanol–water partition coefficient (Wildman–Crippen LogP) is 3.61. The van der Waals surface area contributed by atoms with Crippen molar-refractivity contribution in [3.63, 3.8) is 0 Å². The van der Waals surface area contributed by atoms with E-state index in [0.29, 0.717) is 9.24 Å². The molecular weight excluding hydrogens is 322 g/mol. The van der Waals surface area contributed by atoms with Crippen LogP contribution in [0.2, 0.25) is 0 Å². The van der Waals surface area contributed by atoms with Gasteiger partial charge in [-0.3, -0.25) is 0 Å². The second-order valence-corrected chi connectivity index (χ2v) is 7.94. The zero-order valence-electron chi connectivity index (χ0n) is 10.3. The van der Waals surface area contributed by atoms with E-state index in [1.165, 1.54) is 23.1 Å². The summed E-state index contributed by atoms with van der Waals surface area (Å²) in [6.45, 7) is 3.70. The minimum Gasteiger partial charge on any atom is -0.207 e. The van der Waals surface area contributed by atoms with Crippen LogP contribution in [0, 0.1) is 0 Å². The second kappa shape index (κ2) is 7.91. The molecule has 0 aliphatic carbocycles. The third kappa shape index (κ3) is 5.54. The van der Waals surface area contributed by atoms with E-state index in [2.05, 4.69) is 11.3 Å². The van der Waals surface area contributed by atoms with Gasteiger partial charge in [0.05, 0.1) is 4.21 Å². The van der Waals surface area contributed by atoms with Crippen molar-refractivity contribution in [3.05, 3.63) is 48.0 Å². The molecule has 1 aromatic heterocycles. The van der Waals surface area contributed by atoms with Gasteiger partial charge in [-0.1, -0.05) is 30.3 Å². The van der Waals surface area contributed by atoms with Crippen LogP contribution in [0.4, 0.5) is 0 Å². The summed E-state index contributed by atoms with van der Waals surface area (Å²) in [5.41, 5.74) is 0. The minimum absolute atomic E-state index is 0.191. The van der Waals surface area contributed by atoms with E-state index >= 15 is 0 Å². The Kier molecular flexibility index (Phi) is 6.88. The Labute approximate surface area is 127 Å². The minimum atomic E-state index is -3.44. The van der Waals surface area contributed by atoms with Crippen LogP contribution in [0.25, 0.3) is 0 Å². The molecule has 104 valence electrons. The Hall–Kier alpha value is -0.530. The number of sulfonamides is 1. The van der Waals surface area contributed by atoms with Gasteiger partial charge < -0.3 is 0 Å². The maximum absolute atomic E-state index is 11.9. The first-order chi connectivity index (χ1) is 8.99. The van der Waals surface area contributed by atoms with Crippen LogP contribution in [0.5, 0.6) is 0 Å². The smallest absolute Gasteiger partial charge is 0.207 e. The number of nitrogens with one attached hydrogen (secondary N) is 1. The van der Waals surface area contributed by atoms with E-state index < -0.39 is 10.0 Å². The molecule has 19 heavy (non-hydrogen) atoms. The number of halogens is 1. The largest absolute Gasteiger partial charge is 0.250 e.